The standard InChI is InChI=1S/C22H24FNO2/c23-19-9-5-4-8-18(19)22(10-11-22)21(26)24-20(16-13-17(25)14-16)12-15-6-2-1-3-7-15/h1-9,16-17,20,25H,10-14H2,(H,24,26). The molecule has 2 aliphatic rings. The Bertz CT molecular complexity index is 782. The average Bonchev–Trinajstić information content (AvgIpc) is 3.41. The normalized spacial score (nSPS) is 24.4. The molecule has 1 atom stereocenters. The van der Waals surface area contributed by atoms with Crippen LogP contribution in [0, 0.1) is 11.7 Å². The Labute approximate surface area is 153 Å². The molecule has 2 N–H and O–H groups in total. The Hall–Kier alpha value is -2.20. The summed E-state index contributed by atoms with van der Waals surface area (Å²) in [5, 5.41) is 12.9. The van der Waals surface area contributed by atoms with Gasteiger partial charge < -0.3 is 10.4 Å². The van der Waals surface area contributed by atoms with Crippen LogP contribution in [-0.2, 0) is 16.6 Å². The van der Waals surface area contributed by atoms with Gasteiger partial charge in [-0.15, -0.1) is 0 Å². The largest absolute Gasteiger partial charge is 0.393 e. The smallest absolute Gasteiger partial charge is 0.231 e. The van der Waals surface area contributed by atoms with Crippen molar-refractivity contribution in [3.63, 3.8) is 0 Å². The minimum Gasteiger partial charge on any atom is -0.393 e. The van der Waals surface area contributed by atoms with Gasteiger partial charge in [0.15, 0.2) is 0 Å². The van der Waals surface area contributed by atoms with Crippen molar-refractivity contribution in [1.29, 1.82) is 0 Å². The van der Waals surface area contributed by atoms with E-state index < -0.39 is 5.41 Å². The number of carbonyl (C=O) groups excluding carboxylic acids is 1. The molecule has 0 heterocycles. The van der Waals surface area contributed by atoms with Crippen LogP contribution in [0.15, 0.2) is 54.6 Å². The molecule has 2 saturated carbocycles. The van der Waals surface area contributed by atoms with Crippen LogP contribution >= 0.6 is 0 Å². The van der Waals surface area contributed by atoms with E-state index in [1.54, 1.807) is 18.2 Å². The van der Waals surface area contributed by atoms with Crippen molar-refractivity contribution >= 4 is 5.91 Å². The van der Waals surface area contributed by atoms with Crippen molar-refractivity contribution in [2.75, 3.05) is 0 Å². The lowest BCUT2D eigenvalue weighted by atomic mass is 9.75. The molecule has 26 heavy (non-hydrogen) atoms. The summed E-state index contributed by atoms with van der Waals surface area (Å²) in [6.45, 7) is 0. The van der Waals surface area contributed by atoms with Crippen LogP contribution in [-0.4, -0.2) is 23.2 Å². The SMILES string of the molecule is O=C(NC(Cc1ccccc1)C1CC(O)C1)C1(c2ccccc2F)CC1. The lowest BCUT2D eigenvalue weighted by Gasteiger charge is -2.39. The van der Waals surface area contributed by atoms with E-state index in [4.69, 9.17) is 0 Å². The molecule has 0 spiro atoms. The summed E-state index contributed by atoms with van der Waals surface area (Å²) in [6, 6.07) is 16.6. The number of amides is 1. The summed E-state index contributed by atoms with van der Waals surface area (Å²) in [5.74, 6) is -0.116. The first-order chi connectivity index (χ1) is 12.6. The maximum Gasteiger partial charge on any atom is 0.231 e. The van der Waals surface area contributed by atoms with E-state index in [0.29, 0.717) is 31.2 Å². The summed E-state index contributed by atoms with van der Waals surface area (Å²) < 4.78 is 14.2. The molecule has 4 heteroatoms. The van der Waals surface area contributed by atoms with Crippen molar-refractivity contribution in [2.24, 2.45) is 5.92 Å². The van der Waals surface area contributed by atoms with Crippen LogP contribution in [0.1, 0.15) is 36.8 Å². The molecule has 3 nitrogen and oxygen atoms in total. The van der Waals surface area contributed by atoms with Gasteiger partial charge in [0.05, 0.1) is 11.5 Å². The lowest BCUT2D eigenvalue weighted by Crippen LogP contribution is -2.51. The molecule has 0 saturated heterocycles. The first kappa shape index (κ1) is 17.2. The van der Waals surface area contributed by atoms with Gasteiger partial charge in [-0.05, 0) is 49.7 Å². The van der Waals surface area contributed by atoms with Crippen LogP contribution in [0.5, 0.6) is 0 Å². The molecule has 1 unspecified atom stereocenters. The number of halogens is 1. The van der Waals surface area contributed by atoms with Crippen molar-refractivity contribution in [3.05, 3.63) is 71.5 Å². The second kappa shape index (κ2) is 6.84. The predicted octanol–water partition coefficient (Wildman–Crippen LogP) is 3.36. The Balaban J connectivity index is 1.52. The Kier molecular flexibility index (Phi) is 4.53. The molecule has 4 rings (SSSR count). The quantitative estimate of drug-likeness (QED) is 0.837. The molecule has 0 aromatic heterocycles. The van der Waals surface area contributed by atoms with Crippen LogP contribution in [0.4, 0.5) is 4.39 Å². The molecule has 1 amide bonds. The maximum absolute atomic E-state index is 14.2. The Morgan fingerprint density at radius 1 is 1.12 bits per heavy atom. The highest BCUT2D eigenvalue weighted by molar-refractivity contribution is 5.91. The molecule has 0 bridgehead atoms. The van der Waals surface area contributed by atoms with E-state index in [0.717, 1.165) is 12.0 Å². The van der Waals surface area contributed by atoms with Gasteiger partial charge in [-0.3, -0.25) is 4.79 Å². The minimum absolute atomic E-state index is 0.0300. The van der Waals surface area contributed by atoms with Gasteiger partial charge in [0, 0.05) is 11.6 Å². The van der Waals surface area contributed by atoms with Gasteiger partial charge in [0.1, 0.15) is 5.82 Å². The first-order valence-electron chi connectivity index (χ1n) is 9.36. The van der Waals surface area contributed by atoms with Crippen LogP contribution in [0.3, 0.4) is 0 Å². The molecule has 2 fully saturated rings. The summed E-state index contributed by atoms with van der Waals surface area (Å²) in [5.41, 5.74) is 0.947. The van der Waals surface area contributed by atoms with E-state index in [1.165, 1.54) is 6.07 Å². The number of rotatable bonds is 6. The van der Waals surface area contributed by atoms with E-state index in [-0.39, 0.29) is 29.8 Å². The highest BCUT2D eigenvalue weighted by Crippen LogP contribution is 2.49. The van der Waals surface area contributed by atoms with E-state index in [1.807, 2.05) is 18.2 Å². The summed E-state index contributed by atoms with van der Waals surface area (Å²) in [4.78, 5) is 13.1. The lowest BCUT2D eigenvalue weighted by molar-refractivity contribution is -0.125. The number of hydrogen-bond acceptors (Lipinski definition) is 2. The molecular formula is C22H24FNO2. The van der Waals surface area contributed by atoms with Crippen molar-refractivity contribution in [3.8, 4) is 0 Å². The molecule has 2 aromatic carbocycles. The van der Waals surface area contributed by atoms with Crippen molar-refractivity contribution < 1.29 is 14.3 Å². The van der Waals surface area contributed by atoms with Crippen molar-refractivity contribution in [2.45, 2.75) is 49.7 Å². The zero-order valence-corrected chi connectivity index (χ0v) is 14.7. The number of benzene rings is 2. The molecule has 2 aromatic rings. The van der Waals surface area contributed by atoms with Gasteiger partial charge in [-0.2, -0.15) is 0 Å². The fourth-order valence-corrected chi connectivity index (χ4v) is 4.06. The maximum atomic E-state index is 14.2. The monoisotopic (exact) mass is 353 g/mol. The van der Waals surface area contributed by atoms with Gasteiger partial charge in [0.25, 0.3) is 0 Å². The number of nitrogens with one attached hydrogen (secondary N) is 1. The van der Waals surface area contributed by atoms with E-state index in [2.05, 4.69) is 17.4 Å². The molecular weight excluding hydrogens is 329 g/mol. The van der Waals surface area contributed by atoms with Gasteiger partial charge in [-0.25, -0.2) is 4.39 Å². The summed E-state index contributed by atoms with van der Waals surface area (Å²) in [6.07, 6.45) is 3.26. The van der Waals surface area contributed by atoms with E-state index in [9.17, 15) is 14.3 Å². The highest BCUT2D eigenvalue weighted by Gasteiger charge is 2.53. The first-order valence-corrected chi connectivity index (χ1v) is 9.36. The van der Waals surface area contributed by atoms with Crippen LogP contribution < -0.4 is 5.32 Å². The number of hydrogen-bond donors (Lipinski definition) is 2. The fraction of sp³-hybridized carbons (Fsp3) is 0.409. The second-order valence-electron chi connectivity index (χ2n) is 7.72. The molecule has 0 radical (unpaired) electrons. The fourth-order valence-electron chi connectivity index (χ4n) is 4.06. The zero-order chi connectivity index (χ0) is 18.1. The van der Waals surface area contributed by atoms with Gasteiger partial charge in [-0.1, -0.05) is 48.5 Å². The number of aliphatic hydroxyl groups excluding tert-OH is 1. The third kappa shape index (κ3) is 3.26. The third-order valence-corrected chi connectivity index (χ3v) is 5.91. The summed E-state index contributed by atoms with van der Waals surface area (Å²) in [7, 11) is 0. The molecule has 136 valence electrons. The Morgan fingerprint density at radius 3 is 2.38 bits per heavy atom. The van der Waals surface area contributed by atoms with Gasteiger partial charge >= 0.3 is 0 Å². The number of carbonyl (C=O) groups is 1. The minimum atomic E-state index is -0.720. The van der Waals surface area contributed by atoms with Crippen LogP contribution in [0.25, 0.3) is 0 Å². The zero-order valence-electron chi connectivity index (χ0n) is 14.7. The Morgan fingerprint density at radius 2 is 1.77 bits per heavy atom. The summed E-state index contributed by atoms with van der Waals surface area (Å²) >= 11 is 0. The highest BCUT2D eigenvalue weighted by atomic mass is 19.1. The van der Waals surface area contributed by atoms with E-state index >= 15 is 0 Å². The predicted molar refractivity (Wildman–Crippen MR) is 98.1 cm³/mol. The van der Waals surface area contributed by atoms with Gasteiger partial charge in [0.2, 0.25) is 5.91 Å². The second-order valence-corrected chi connectivity index (χ2v) is 7.72. The van der Waals surface area contributed by atoms with Crippen LogP contribution in [0.2, 0.25) is 0 Å². The number of aliphatic hydroxyl groups is 1. The molecule has 2 aliphatic carbocycles. The molecule has 0 aliphatic heterocycles. The average molecular weight is 353 g/mol. The third-order valence-electron chi connectivity index (χ3n) is 5.91. The van der Waals surface area contributed by atoms with Crippen molar-refractivity contribution in [1.82, 2.24) is 5.32 Å². The topological polar surface area (TPSA) is 49.3 Å².